The lowest BCUT2D eigenvalue weighted by Gasteiger charge is -2.26. The molecule has 0 radical (unpaired) electrons. The molecule has 3 heterocycles. The number of halogens is 1. The molecule has 2 aromatic heterocycles. The Balaban J connectivity index is 1.69. The van der Waals surface area contributed by atoms with Gasteiger partial charge in [-0.3, -0.25) is 14.8 Å². The van der Waals surface area contributed by atoms with Crippen LogP contribution in [0.4, 0.5) is 5.69 Å². The van der Waals surface area contributed by atoms with Crippen LogP contribution < -0.4 is 4.90 Å². The molecule has 0 saturated carbocycles. The van der Waals surface area contributed by atoms with E-state index in [4.69, 9.17) is 24.2 Å². The Hall–Kier alpha value is -2.37. The maximum Gasteiger partial charge on any atom is 0.227 e. The second kappa shape index (κ2) is 7.33. The van der Waals surface area contributed by atoms with Gasteiger partial charge in [-0.1, -0.05) is 17.7 Å². The number of nitrogens with zero attached hydrogens (tertiary/aromatic N) is 3. The van der Waals surface area contributed by atoms with E-state index >= 15 is 0 Å². The Morgan fingerprint density at radius 3 is 2.81 bits per heavy atom. The van der Waals surface area contributed by atoms with Crippen LogP contribution in [-0.4, -0.2) is 22.9 Å². The van der Waals surface area contributed by atoms with Crippen molar-refractivity contribution in [3.05, 3.63) is 76.8 Å². The summed E-state index contributed by atoms with van der Waals surface area (Å²) in [5.74, 6) is 0.157. The summed E-state index contributed by atoms with van der Waals surface area (Å²) in [7, 11) is 1.82. The minimum Gasteiger partial charge on any atom is -0.315 e. The summed E-state index contributed by atoms with van der Waals surface area (Å²) in [5.41, 5.74) is 5.87. The van der Waals surface area contributed by atoms with E-state index in [0.717, 1.165) is 28.8 Å². The van der Waals surface area contributed by atoms with Gasteiger partial charge in [0.05, 0.1) is 16.0 Å². The second-order valence-electron chi connectivity index (χ2n) is 6.58. The van der Waals surface area contributed by atoms with Crippen LogP contribution in [0.5, 0.6) is 0 Å². The third-order valence-corrected chi connectivity index (χ3v) is 5.74. The lowest BCUT2D eigenvalue weighted by atomic mass is 9.96. The minimum atomic E-state index is -0.257. The van der Waals surface area contributed by atoms with Crippen LogP contribution in [0.3, 0.4) is 0 Å². The molecule has 1 aromatic carbocycles. The largest absolute Gasteiger partial charge is 0.315 e. The molecule has 1 aliphatic heterocycles. The van der Waals surface area contributed by atoms with Gasteiger partial charge in [0.25, 0.3) is 0 Å². The molecule has 0 saturated heterocycles. The predicted molar refractivity (Wildman–Crippen MR) is 111 cm³/mol. The Kier molecular flexibility index (Phi) is 4.89. The third-order valence-electron chi connectivity index (χ3n) is 4.88. The molecular weight excluding hydrogens is 378 g/mol. The first kappa shape index (κ1) is 18.0. The van der Waals surface area contributed by atoms with E-state index in [1.807, 2.05) is 31.4 Å². The highest BCUT2D eigenvalue weighted by Gasteiger charge is 2.21. The number of anilines is 1. The number of rotatable bonds is 3. The van der Waals surface area contributed by atoms with Gasteiger partial charge in [-0.25, -0.2) is 0 Å². The van der Waals surface area contributed by atoms with E-state index < -0.39 is 0 Å². The maximum absolute atomic E-state index is 11.9. The van der Waals surface area contributed by atoms with Crippen molar-refractivity contribution in [2.45, 2.75) is 18.1 Å². The van der Waals surface area contributed by atoms with Gasteiger partial charge in [-0.15, -0.1) is 0 Å². The van der Waals surface area contributed by atoms with Gasteiger partial charge in [-0.05, 0) is 53.4 Å². The molecule has 27 heavy (non-hydrogen) atoms. The van der Waals surface area contributed by atoms with E-state index in [1.165, 1.54) is 5.56 Å². The third kappa shape index (κ3) is 3.45. The van der Waals surface area contributed by atoms with Crippen LogP contribution in [0.25, 0.3) is 11.1 Å². The van der Waals surface area contributed by atoms with E-state index in [9.17, 15) is 4.79 Å². The highest BCUT2D eigenvalue weighted by molar-refractivity contribution is 7.80. The number of amides is 1. The Bertz CT molecular complexity index is 1020. The number of carbonyl (C=O) groups excluding carboxylic acids is 1. The van der Waals surface area contributed by atoms with Crippen molar-refractivity contribution in [1.29, 1.82) is 0 Å². The fraction of sp³-hybridized carbons (Fsp3) is 0.190. The minimum absolute atomic E-state index is 0.157. The molecule has 1 atom stereocenters. The van der Waals surface area contributed by atoms with Crippen molar-refractivity contribution < 1.29 is 4.79 Å². The number of fused-ring (bicyclic) bond motifs is 1. The number of pyridine rings is 2. The van der Waals surface area contributed by atoms with Gasteiger partial charge in [0, 0.05) is 43.3 Å². The summed E-state index contributed by atoms with van der Waals surface area (Å²) in [6, 6.07) is 11.8. The molecule has 1 amide bonds. The highest BCUT2D eigenvalue weighted by Crippen LogP contribution is 2.35. The number of thiol groups is 1. The van der Waals surface area contributed by atoms with Gasteiger partial charge in [0.2, 0.25) is 5.91 Å². The Morgan fingerprint density at radius 1 is 1.15 bits per heavy atom. The molecule has 0 bridgehead atoms. The van der Waals surface area contributed by atoms with Gasteiger partial charge in [0.1, 0.15) is 0 Å². The zero-order chi connectivity index (χ0) is 19.0. The van der Waals surface area contributed by atoms with Crippen molar-refractivity contribution >= 4 is 35.8 Å². The summed E-state index contributed by atoms with van der Waals surface area (Å²) in [6.45, 7) is 0. The van der Waals surface area contributed by atoms with Crippen LogP contribution in [-0.2, 0) is 11.2 Å². The van der Waals surface area contributed by atoms with Crippen LogP contribution in [0.2, 0.25) is 5.02 Å². The quantitative estimate of drug-likeness (QED) is 0.652. The zero-order valence-corrected chi connectivity index (χ0v) is 16.4. The fourth-order valence-electron chi connectivity index (χ4n) is 3.36. The molecule has 6 heteroatoms. The van der Waals surface area contributed by atoms with Crippen LogP contribution >= 0.6 is 24.2 Å². The van der Waals surface area contributed by atoms with E-state index in [2.05, 4.69) is 22.1 Å². The molecular formula is C21H18ClN3OS. The zero-order valence-electron chi connectivity index (χ0n) is 14.8. The first-order valence-corrected chi connectivity index (χ1v) is 9.57. The van der Waals surface area contributed by atoms with Crippen molar-refractivity contribution in [3.8, 4) is 11.1 Å². The molecule has 4 rings (SSSR count). The maximum atomic E-state index is 11.9. The number of hydrogen-bond donors (Lipinski definition) is 1. The standard InChI is InChI=1S/C21H18ClN3OS/c1-25-18-6-4-13(9-14(18)5-7-19(25)26)15-10-16(12-23-11-15)21(27)20-17(22)3-2-8-24-20/h2-4,6,8-12,21,27H,5,7H2,1H3. The number of aromatic nitrogens is 2. The lowest BCUT2D eigenvalue weighted by molar-refractivity contribution is -0.118. The summed E-state index contributed by atoms with van der Waals surface area (Å²) < 4.78 is 0. The van der Waals surface area contributed by atoms with Crippen molar-refractivity contribution in [3.63, 3.8) is 0 Å². The average molecular weight is 396 g/mol. The lowest BCUT2D eigenvalue weighted by Crippen LogP contribution is -2.30. The summed E-state index contributed by atoms with van der Waals surface area (Å²) in [6.07, 6.45) is 6.64. The van der Waals surface area contributed by atoms with Gasteiger partial charge >= 0.3 is 0 Å². The normalized spacial score (nSPS) is 14.8. The van der Waals surface area contributed by atoms with Gasteiger partial charge in [-0.2, -0.15) is 12.6 Å². The van der Waals surface area contributed by atoms with E-state index in [-0.39, 0.29) is 11.2 Å². The summed E-state index contributed by atoms with van der Waals surface area (Å²) in [5, 5.41) is 0.330. The molecule has 1 aliphatic rings. The average Bonchev–Trinajstić information content (AvgIpc) is 2.70. The summed E-state index contributed by atoms with van der Waals surface area (Å²) >= 11 is 11.0. The fourth-order valence-corrected chi connectivity index (χ4v) is 4.01. The molecule has 4 nitrogen and oxygen atoms in total. The van der Waals surface area contributed by atoms with E-state index in [1.54, 1.807) is 23.4 Å². The Labute approximate surface area is 168 Å². The second-order valence-corrected chi connectivity index (χ2v) is 7.50. The predicted octanol–water partition coefficient (Wildman–Crippen LogP) is 4.73. The molecule has 0 fully saturated rings. The first-order valence-electron chi connectivity index (χ1n) is 8.68. The molecule has 136 valence electrons. The number of hydrogen-bond acceptors (Lipinski definition) is 4. The molecule has 0 N–H and O–H groups in total. The van der Waals surface area contributed by atoms with Gasteiger partial charge < -0.3 is 4.90 Å². The first-order chi connectivity index (χ1) is 13.0. The van der Waals surface area contributed by atoms with Crippen molar-refractivity contribution in [2.75, 3.05) is 11.9 Å². The van der Waals surface area contributed by atoms with Crippen LogP contribution in [0.15, 0.2) is 55.0 Å². The molecule has 3 aromatic rings. The molecule has 0 spiro atoms. The molecule has 1 unspecified atom stereocenters. The SMILES string of the molecule is CN1C(=O)CCc2cc(-c3cncc(C(S)c4ncccc4Cl)c3)ccc21. The molecule has 0 aliphatic carbocycles. The summed E-state index contributed by atoms with van der Waals surface area (Å²) in [4.78, 5) is 22.4. The monoisotopic (exact) mass is 395 g/mol. The smallest absolute Gasteiger partial charge is 0.227 e. The Morgan fingerprint density at radius 2 is 2.00 bits per heavy atom. The van der Waals surface area contributed by atoms with E-state index in [0.29, 0.717) is 17.1 Å². The topological polar surface area (TPSA) is 46.1 Å². The van der Waals surface area contributed by atoms with Crippen molar-refractivity contribution in [2.24, 2.45) is 0 Å². The van der Waals surface area contributed by atoms with Crippen LogP contribution in [0, 0.1) is 0 Å². The van der Waals surface area contributed by atoms with Crippen LogP contribution in [0.1, 0.15) is 28.5 Å². The number of benzene rings is 1. The highest BCUT2D eigenvalue weighted by atomic mass is 35.5. The number of carbonyl (C=O) groups is 1. The van der Waals surface area contributed by atoms with Gasteiger partial charge in [0.15, 0.2) is 0 Å². The van der Waals surface area contributed by atoms with Crippen molar-refractivity contribution in [1.82, 2.24) is 9.97 Å². The number of aryl methyl sites for hydroxylation is 1.